The Bertz CT molecular complexity index is 489. The SMILES string of the molecule is CCc1[nH]c(C)c(C#N)c(=S)c1COCOC. The van der Waals surface area contributed by atoms with Gasteiger partial charge in [0.15, 0.2) is 0 Å². The number of hydrogen-bond donors (Lipinski definition) is 1. The summed E-state index contributed by atoms with van der Waals surface area (Å²) in [6.45, 7) is 4.47. The topological polar surface area (TPSA) is 58.0 Å². The van der Waals surface area contributed by atoms with Crippen molar-refractivity contribution in [3.63, 3.8) is 0 Å². The maximum Gasteiger partial charge on any atom is 0.146 e. The first-order chi connectivity index (χ1) is 8.15. The lowest BCUT2D eigenvalue weighted by atomic mass is 10.1. The number of pyridine rings is 1. The van der Waals surface area contributed by atoms with Gasteiger partial charge in [-0.1, -0.05) is 19.1 Å². The van der Waals surface area contributed by atoms with Gasteiger partial charge in [0, 0.05) is 24.1 Å². The lowest BCUT2D eigenvalue weighted by Crippen LogP contribution is -2.06. The number of aromatic amines is 1. The van der Waals surface area contributed by atoms with Crippen LogP contribution in [0.4, 0.5) is 0 Å². The number of aromatic nitrogens is 1. The number of nitriles is 1. The molecule has 1 rings (SSSR count). The highest BCUT2D eigenvalue weighted by Crippen LogP contribution is 2.17. The van der Waals surface area contributed by atoms with Crippen LogP contribution in [0, 0.1) is 22.8 Å². The molecule has 17 heavy (non-hydrogen) atoms. The van der Waals surface area contributed by atoms with Crippen LogP contribution in [-0.4, -0.2) is 18.9 Å². The lowest BCUT2D eigenvalue weighted by molar-refractivity contribution is -0.0394. The van der Waals surface area contributed by atoms with E-state index in [9.17, 15) is 0 Å². The molecule has 4 nitrogen and oxygen atoms in total. The molecule has 0 aromatic carbocycles. The van der Waals surface area contributed by atoms with Crippen molar-refractivity contribution >= 4 is 12.2 Å². The van der Waals surface area contributed by atoms with Crippen LogP contribution in [0.3, 0.4) is 0 Å². The number of H-pyrrole nitrogens is 1. The number of methoxy groups -OCH3 is 1. The molecule has 5 heteroatoms. The van der Waals surface area contributed by atoms with Gasteiger partial charge in [-0.05, 0) is 13.3 Å². The molecule has 0 aliphatic carbocycles. The molecule has 0 aliphatic rings. The van der Waals surface area contributed by atoms with Crippen molar-refractivity contribution in [2.75, 3.05) is 13.9 Å². The summed E-state index contributed by atoms with van der Waals surface area (Å²) in [4.78, 5) is 3.20. The third-order valence-corrected chi connectivity index (χ3v) is 2.94. The van der Waals surface area contributed by atoms with Crippen LogP contribution in [0.2, 0.25) is 0 Å². The van der Waals surface area contributed by atoms with E-state index in [0.717, 1.165) is 23.4 Å². The normalized spacial score (nSPS) is 10.2. The average Bonchev–Trinajstić information content (AvgIpc) is 2.32. The van der Waals surface area contributed by atoms with Crippen LogP contribution in [0.5, 0.6) is 0 Å². The zero-order valence-electron chi connectivity index (χ0n) is 10.3. The summed E-state index contributed by atoms with van der Waals surface area (Å²) in [6, 6.07) is 2.12. The monoisotopic (exact) mass is 252 g/mol. The van der Waals surface area contributed by atoms with Crippen LogP contribution >= 0.6 is 12.2 Å². The quantitative estimate of drug-likeness (QED) is 0.497. The van der Waals surface area contributed by atoms with Crippen molar-refractivity contribution in [2.24, 2.45) is 0 Å². The van der Waals surface area contributed by atoms with E-state index >= 15 is 0 Å². The second kappa shape index (κ2) is 6.50. The van der Waals surface area contributed by atoms with Crippen molar-refractivity contribution in [1.29, 1.82) is 5.26 Å². The standard InChI is InChI=1S/C12H16N2O2S/c1-4-11-10(6-16-7-15-3)12(17)9(5-13)8(2)14-11/h4,6-7H2,1-3H3,(H,14,17). The van der Waals surface area contributed by atoms with E-state index < -0.39 is 0 Å². The molecule has 1 N–H and O–H groups in total. The highest BCUT2D eigenvalue weighted by atomic mass is 32.1. The third kappa shape index (κ3) is 3.13. The molecule has 0 fully saturated rings. The molecular formula is C12H16N2O2S. The molecule has 0 spiro atoms. The molecule has 0 saturated heterocycles. The third-order valence-electron chi connectivity index (χ3n) is 2.49. The molecule has 0 unspecified atom stereocenters. The van der Waals surface area contributed by atoms with Crippen molar-refractivity contribution < 1.29 is 9.47 Å². The van der Waals surface area contributed by atoms with Gasteiger partial charge in [0.05, 0.1) is 16.7 Å². The zero-order valence-corrected chi connectivity index (χ0v) is 11.1. The Morgan fingerprint density at radius 1 is 1.47 bits per heavy atom. The van der Waals surface area contributed by atoms with E-state index in [1.807, 2.05) is 13.8 Å². The van der Waals surface area contributed by atoms with E-state index in [4.69, 9.17) is 27.0 Å². The van der Waals surface area contributed by atoms with Crippen LogP contribution in [-0.2, 0) is 22.5 Å². The fraction of sp³-hybridized carbons (Fsp3) is 0.500. The summed E-state index contributed by atoms with van der Waals surface area (Å²) in [6.07, 6.45) is 0.821. The van der Waals surface area contributed by atoms with E-state index in [1.165, 1.54) is 0 Å². The number of nitrogens with one attached hydrogen (secondary N) is 1. The molecule has 0 saturated carbocycles. The van der Waals surface area contributed by atoms with E-state index in [-0.39, 0.29) is 6.79 Å². The Morgan fingerprint density at radius 3 is 2.71 bits per heavy atom. The predicted octanol–water partition coefficient (Wildman–Crippen LogP) is 2.61. The van der Waals surface area contributed by atoms with Crippen LogP contribution < -0.4 is 0 Å². The molecule has 92 valence electrons. The second-order valence-corrected chi connectivity index (χ2v) is 4.04. The number of ether oxygens (including phenoxy) is 2. The zero-order chi connectivity index (χ0) is 12.8. The Kier molecular flexibility index (Phi) is 5.29. The summed E-state index contributed by atoms with van der Waals surface area (Å²) in [5, 5.41) is 9.06. The maximum atomic E-state index is 9.06. The fourth-order valence-electron chi connectivity index (χ4n) is 1.64. The fourth-order valence-corrected chi connectivity index (χ4v) is 2.02. The minimum Gasteiger partial charge on any atom is -0.361 e. The van der Waals surface area contributed by atoms with Gasteiger partial charge in [0.1, 0.15) is 12.9 Å². The van der Waals surface area contributed by atoms with Crippen LogP contribution in [0.25, 0.3) is 0 Å². The predicted molar refractivity (Wildman–Crippen MR) is 67.1 cm³/mol. The molecule has 0 aliphatic heterocycles. The smallest absolute Gasteiger partial charge is 0.146 e. The van der Waals surface area contributed by atoms with Gasteiger partial charge in [-0.15, -0.1) is 0 Å². The molecule has 0 radical (unpaired) electrons. The highest BCUT2D eigenvalue weighted by molar-refractivity contribution is 7.71. The first kappa shape index (κ1) is 13.8. The Morgan fingerprint density at radius 2 is 2.18 bits per heavy atom. The summed E-state index contributed by atoms with van der Waals surface area (Å²) in [5.74, 6) is 0. The summed E-state index contributed by atoms with van der Waals surface area (Å²) in [7, 11) is 1.57. The van der Waals surface area contributed by atoms with Gasteiger partial charge in [-0.25, -0.2) is 0 Å². The molecule has 0 atom stereocenters. The number of nitrogens with zero attached hydrogens (tertiary/aromatic N) is 1. The van der Waals surface area contributed by atoms with Crippen molar-refractivity contribution in [3.8, 4) is 6.07 Å². The minimum atomic E-state index is 0.216. The molecule has 0 bridgehead atoms. The molecule has 1 aromatic rings. The van der Waals surface area contributed by atoms with E-state index in [2.05, 4.69) is 11.1 Å². The van der Waals surface area contributed by atoms with Crippen molar-refractivity contribution in [2.45, 2.75) is 26.9 Å². The summed E-state index contributed by atoms with van der Waals surface area (Å²) in [5.41, 5.74) is 3.22. The van der Waals surface area contributed by atoms with Crippen LogP contribution in [0.1, 0.15) is 29.4 Å². The Balaban J connectivity index is 3.17. The Hall–Kier alpha value is -1.22. The van der Waals surface area contributed by atoms with Gasteiger partial charge in [0.25, 0.3) is 0 Å². The minimum absolute atomic E-state index is 0.216. The highest BCUT2D eigenvalue weighted by Gasteiger charge is 2.10. The molecular weight excluding hydrogens is 236 g/mol. The second-order valence-electron chi connectivity index (χ2n) is 3.63. The first-order valence-corrected chi connectivity index (χ1v) is 5.77. The number of hydrogen-bond acceptors (Lipinski definition) is 4. The van der Waals surface area contributed by atoms with Gasteiger partial charge in [0.2, 0.25) is 0 Å². The summed E-state index contributed by atoms with van der Waals surface area (Å²) >= 11 is 5.32. The van der Waals surface area contributed by atoms with E-state index in [0.29, 0.717) is 16.7 Å². The number of aryl methyl sites for hydroxylation is 2. The maximum absolute atomic E-state index is 9.06. The van der Waals surface area contributed by atoms with Gasteiger partial charge in [-0.3, -0.25) is 0 Å². The molecule has 1 aromatic heterocycles. The average molecular weight is 252 g/mol. The lowest BCUT2D eigenvalue weighted by Gasteiger charge is -2.12. The van der Waals surface area contributed by atoms with Gasteiger partial charge in [-0.2, -0.15) is 5.26 Å². The summed E-state index contributed by atoms with van der Waals surface area (Å²) < 4.78 is 10.7. The van der Waals surface area contributed by atoms with Crippen molar-refractivity contribution in [3.05, 3.63) is 27.0 Å². The largest absolute Gasteiger partial charge is 0.361 e. The molecule has 0 amide bonds. The van der Waals surface area contributed by atoms with Crippen molar-refractivity contribution in [1.82, 2.24) is 4.98 Å². The number of rotatable bonds is 5. The van der Waals surface area contributed by atoms with Gasteiger partial charge >= 0.3 is 0 Å². The first-order valence-electron chi connectivity index (χ1n) is 5.37. The van der Waals surface area contributed by atoms with E-state index in [1.54, 1.807) is 7.11 Å². The molecule has 1 heterocycles. The Labute approximate surface area is 106 Å². The van der Waals surface area contributed by atoms with Crippen LogP contribution in [0.15, 0.2) is 0 Å². The van der Waals surface area contributed by atoms with Gasteiger partial charge < -0.3 is 14.5 Å².